The first kappa shape index (κ1) is 15.1. The molecule has 0 atom stereocenters. The summed E-state index contributed by atoms with van der Waals surface area (Å²) in [5, 5.41) is 8.96. The van der Waals surface area contributed by atoms with Gasteiger partial charge in [0.15, 0.2) is 0 Å². The van der Waals surface area contributed by atoms with Crippen molar-refractivity contribution in [3.05, 3.63) is 58.4 Å². The van der Waals surface area contributed by atoms with Crippen LogP contribution in [0.5, 0.6) is 11.5 Å². The number of hydrogen-bond acceptors (Lipinski definition) is 3. The molecule has 0 saturated carbocycles. The first-order valence-electron chi connectivity index (χ1n) is 6.46. The number of aromatic nitrogens is 1. The lowest BCUT2D eigenvalue weighted by molar-refractivity contribution is 0.478. The van der Waals surface area contributed by atoms with E-state index in [0.29, 0.717) is 11.5 Å². The number of benzene rings is 2. The molecule has 0 aliphatic carbocycles. The molecule has 0 amide bonds. The molecule has 22 heavy (non-hydrogen) atoms. The Morgan fingerprint density at radius 2 is 2.09 bits per heavy atom. The molecule has 1 heterocycles. The van der Waals surface area contributed by atoms with Crippen LogP contribution < -0.4 is 4.74 Å². The predicted molar refractivity (Wildman–Crippen MR) is 92.8 cm³/mol. The maximum atomic E-state index is 13.8. The maximum absolute atomic E-state index is 13.8. The van der Waals surface area contributed by atoms with Crippen LogP contribution in [-0.4, -0.2) is 16.3 Å². The number of ether oxygens (including phenoxy) is 1. The molecule has 2 aromatic carbocycles. The van der Waals surface area contributed by atoms with Crippen LogP contribution in [0.15, 0.2) is 47.1 Å². The summed E-state index contributed by atoms with van der Waals surface area (Å²) in [6.07, 6.45) is 3.60. The molecule has 3 aromatic rings. The highest BCUT2D eigenvalue weighted by molar-refractivity contribution is 9.10. The predicted octanol–water partition coefficient (Wildman–Crippen LogP) is 5.55. The molecule has 3 rings (SSSR count). The van der Waals surface area contributed by atoms with Crippen molar-refractivity contribution in [2.75, 3.05) is 6.26 Å². The number of thioether (sulfide) groups is 1. The molecule has 0 saturated heterocycles. The largest absolute Gasteiger partial charge is 0.456 e. The summed E-state index contributed by atoms with van der Waals surface area (Å²) >= 11 is 4.72. The van der Waals surface area contributed by atoms with E-state index in [2.05, 4.69) is 20.9 Å². The van der Waals surface area contributed by atoms with Crippen LogP contribution in [0.4, 0.5) is 4.39 Å². The first-order valence-corrected chi connectivity index (χ1v) is 8.48. The van der Waals surface area contributed by atoms with E-state index < -0.39 is 5.82 Å². The van der Waals surface area contributed by atoms with Gasteiger partial charge in [0, 0.05) is 22.7 Å². The van der Waals surface area contributed by atoms with Gasteiger partial charge in [-0.05, 0) is 58.6 Å². The highest BCUT2D eigenvalue weighted by Gasteiger charge is 2.12. The monoisotopic (exact) mass is 378 g/mol. The van der Waals surface area contributed by atoms with Gasteiger partial charge in [-0.3, -0.25) is 5.41 Å². The SMILES string of the molecule is CSC(=N)c1cc(Oc2ccc3[nH]ccc3c2Br)ccc1F. The van der Waals surface area contributed by atoms with Gasteiger partial charge >= 0.3 is 0 Å². The van der Waals surface area contributed by atoms with E-state index in [-0.39, 0.29) is 10.6 Å². The molecule has 0 aliphatic heterocycles. The fourth-order valence-electron chi connectivity index (χ4n) is 2.13. The van der Waals surface area contributed by atoms with E-state index in [1.807, 2.05) is 24.4 Å². The first-order chi connectivity index (χ1) is 10.6. The summed E-state index contributed by atoms with van der Waals surface area (Å²) in [6.45, 7) is 0. The molecule has 6 heteroatoms. The molecule has 0 bridgehead atoms. The highest BCUT2D eigenvalue weighted by atomic mass is 79.9. The number of aromatic amines is 1. The summed E-state index contributed by atoms with van der Waals surface area (Å²) in [4.78, 5) is 3.12. The standard InChI is InChI=1S/C16H12BrFN2OS/c1-22-16(19)11-8-9(2-3-12(11)18)21-14-5-4-13-10(15(14)17)6-7-20-13/h2-8,19-20H,1H3. The van der Waals surface area contributed by atoms with Crippen molar-refractivity contribution in [1.29, 1.82) is 5.41 Å². The topological polar surface area (TPSA) is 48.9 Å². The molecular formula is C16H12BrFN2OS. The van der Waals surface area contributed by atoms with Crippen LogP contribution in [-0.2, 0) is 0 Å². The minimum Gasteiger partial charge on any atom is -0.456 e. The third-order valence-electron chi connectivity index (χ3n) is 3.25. The van der Waals surface area contributed by atoms with Crippen LogP contribution in [0.25, 0.3) is 10.9 Å². The Balaban J connectivity index is 1.98. The zero-order chi connectivity index (χ0) is 15.7. The van der Waals surface area contributed by atoms with E-state index in [4.69, 9.17) is 10.1 Å². The maximum Gasteiger partial charge on any atom is 0.142 e. The Hall–Kier alpha value is -1.79. The molecule has 0 spiro atoms. The molecule has 112 valence electrons. The van der Waals surface area contributed by atoms with Gasteiger partial charge in [-0.2, -0.15) is 0 Å². The van der Waals surface area contributed by atoms with E-state index in [0.717, 1.165) is 15.4 Å². The van der Waals surface area contributed by atoms with Crippen molar-refractivity contribution < 1.29 is 9.13 Å². The van der Waals surface area contributed by atoms with Crippen molar-refractivity contribution in [1.82, 2.24) is 4.98 Å². The van der Waals surface area contributed by atoms with Gasteiger partial charge in [0.1, 0.15) is 17.3 Å². The van der Waals surface area contributed by atoms with Crippen molar-refractivity contribution in [3.8, 4) is 11.5 Å². The summed E-state index contributed by atoms with van der Waals surface area (Å²) in [5.74, 6) is 0.706. The fourth-order valence-corrected chi connectivity index (χ4v) is 3.07. The lowest BCUT2D eigenvalue weighted by atomic mass is 10.2. The lowest BCUT2D eigenvalue weighted by Gasteiger charge is -2.10. The number of fused-ring (bicyclic) bond motifs is 1. The Morgan fingerprint density at radius 3 is 2.86 bits per heavy atom. The minimum absolute atomic E-state index is 0.170. The molecule has 0 fully saturated rings. The summed E-state index contributed by atoms with van der Waals surface area (Å²) < 4.78 is 20.4. The van der Waals surface area contributed by atoms with E-state index >= 15 is 0 Å². The highest BCUT2D eigenvalue weighted by Crippen LogP contribution is 2.36. The van der Waals surface area contributed by atoms with Crippen LogP contribution >= 0.6 is 27.7 Å². The number of H-pyrrole nitrogens is 1. The fraction of sp³-hybridized carbons (Fsp3) is 0.0625. The van der Waals surface area contributed by atoms with E-state index in [9.17, 15) is 4.39 Å². The minimum atomic E-state index is -0.424. The third-order valence-corrected chi connectivity index (χ3v) is 4.69. The zero-order valence-corrected chi connectivity index (χ0v) is 14.0. The van der Waals surface area contributed by atoms with Gasteiger partial charge in [0.2, 0.25) is 0 Å². The molecule has 0 radical (unpaired) electrons. The number of hydrogen-bond donors (Lipinski definition) is 2. The van der Waals surface area contributed by atoms with Crippen molar-refractivity contribution in [3.63, 3.8) is 0 Å². The quantitative estimate of drug-likeness (QED) is 0.463. The van der Waals surface area contributed by atoms with Crippen molar-refractivity contribution in [2.24, 2.45) is 0 Å². The van der Waals surface area contributed by atoms with E-state index in [1.54, 1.807) is 18.4 Å². The van der Waals surface area contributed by atoms with Crippen LogP contribution in [0.1, 0.15) is 5.56 Å². The Kier molecular flexibility index (Phi) is 4.22. The number of halogens is 2. The molecule has 0 aliphatic rings. The molecule has 1 aromatic heterocycles. The summed E-state index contributed by atoms with van der Waals surface area (Å²) in [6, 6.07) is 10.1. The van der Waals surface area contributed by atoms with Gasteiger partial charge in [-0.15, -0.1) is 11.8 Å². The smallest absolute Gasteiger partial charge is 0.142 e. The summed E-state index contributed by atoms with van der Waals surface area (Å²) in [7, 11) is 0. The van der Waals surface area contributed by atoms with Gasteiger partial charge in [-0.25, -0.2) is 4.39 Å². The van der Waals surface area contributed by atoms with Gasteiger partial charge in [0.05, 0.1) is 9.52 Å². The lowest BCUT2D eigenvalue weighted by Crippen LogP contribution is -1.98. The number of nitrogens with one attached hydrogen (secondary N) is 2. The van der Waals surface area contributed by atoms with Crippen LogP contribution in [0.3, 0.4) is 0 Å². The molecule has 0 unspecified atom stereocenters. The third kappa shape index (κ3) is 2.76. The molecular weight excluding hydrogens is 367 g/mol. The normalized spacial score (nSPS) is 10.9. The molecule has 2 N–H and O–H groups in total. The summed E-state index contributed by atoms with van der Waals surface area (Å²) in [5.41, 5.74) is 1.24. The Labute approximate surface area is 139 Å². The van der Waals surface area contributed by atoms with Crippen LogP contribution in [0, 0.1) is 11.2 Å². The molecule has 3 nitrogen and oxygen atoms in total. The van der Waals surface area contributed by atoms with Crippen LogP contribution in [0.2, 0.25) is 0 Å². The Morgan fingerprint density at radius 1 is 1.27 bits per heavy atom. The van der Waals surface area contributed by atoms with E-state index in [1.165, 1.54) is 17.8 Å². The second-order valence-corrected chi connectivity index (χ2v) is 6.20. The number of rotatable bonds is 3. The average molecular weight is 379 g/mol. The second-order valence-electron chi connectivity index (χ2n) is 4.59. The second kappa shape index (κ2) is 6.14. The van der Waals surface area contributed by atoms with Gasteiger partial charge < -0.3 is 9.72 Å². The Bertz CT molecular complexity index is 862. The zero-order valence-electron chi connectivity index (χ0n) is 11.6. The van der Waals surface area contributed by atoms with Gasteiger partial charge in [-0.1, -0.05) is 0 Å². The average Bonchev–Trinajstić information content (AvgIpc) is 3.00. The van der Waals surface area contributed by atoms with Gasteiger partial charge in [0.25, 0.3) is 0 Å². The van der Waals surface area contributed by atoms with Crippen molar-refractivity contribution >= 4 is 43.6 Å². The van der Waals surface area contributed by atoms with Crippen molar-refractivity contribution in [2.45, 2.75) is 0 Å².